The Morgan fingerprint density at radius 3 is 2.80 bits per heavy atom. The van der Waals surface area contributed by atoms with Gasteiger partial charge in [0, 0.05) is 49.0 Å². The molecule has 2 saturated carbocycles. The molecule has 1 saturated heterocycles. The average molecular weight is 566 g/mol. The molecular formula is C27H31N7O5S. The molecule has 12 nitrogen and oxygen atoms in total. The van der Waals surface area contributed by atoms with E-state index in [1.54, 1.807) is 24.1 Å². The Hall–Kier alpha value is -3.60. The highest BCUT2D eigenvalue weighted by molar-refractivity contribution is 7.92. The summed E-state index contributed by atoms with van der Waals surface area (Å²) in [5, 5.41) is 19.2. The lowest BCUT2D eigenvalue weighted by Gasteiger charge is -2.57. The topological polar surface area (TPSA) is 166 Å². The normalized spacial score (nSPS) is 28.0. The van der Waals surface area contributed by atoms with E-state index in [4.69, 9.17) is 4.74 Å². The van der Waals surface area contributed by atoms with E-state index in [0.717, 1.165) is 24.8 Å². The van der Waals surface area contributed by atoms with Gasteiger partial charge in [-0.25, -0.2) is 23.2 Å². The largest absolute Gasteiger partial charge is 0.379 e. The van der Waals surface area contributed by atoms with Gasteiger partial charge in [-0.1, -0.05) is 6.07 Å². The highest BCUT2D eigenvalue weighted by atomic mass is 32.2. The third-order valence-corrected chi connectivity index (χ3v) is 10.5. The molecule has 2 aromatic rings. The van der Waals surface area contributed by atoms with E-state index in [0.29, 0.717) is 42.7 Å². The number of aromatic nitrogens is 2. The summed E-state index contributed by atoms with van der Waals surface area (Å²) in [7, 11) is -1.26. The van der Waals surface area contributed by atoms with E-state index in [2.05, 4.69) is 32.0 Å². The van der Waals surface area contributed by atoms with Crippen molar-refractivity contribution < 1.29 is 22.7 Å². The van der Waals surface area contributed by atoms with E-state index in [1.807, 2.05) is 6.07 Å². The van der Waals surface area contributed by atoms with Crippen molar-refractivity contribution in [1.82, 2.24) is 15.3 Å². The summed E-state index contributed by atoms with van der Waals surface area (Å²) in [6, 6.07) is 6.72. The number of ether oxygens (including phenoxy) is 1. The minimum Gasteiger partial charge on any atom is -0.379 e. The Bertz CT molecular complexity index is 1490. The van der Waals surface area contributed by atoms with Gasteiger partial charge in [-0.3, -0.25) is 15.0 Å². The molecule has 2 atom stereocenters. The lowest BCUT2D eigenvalue weighted by Crippen LogP contribution is -2.66. The van der Waals surface area contributed by atoms with Gasteiger partial charge in [-0.2, -0.15) is 5.26 Å². The number of hydrogen-bond acceptors (Lipinski definition) is 10. The smallest absolute Gasteiger partial charge is 0.328 e. The zero-order valence-electron chi connectivity index (χ0n) is 22.1. The standard InChI is InChI=1S/C27H31N7O5S/c1-39-23-4-2-3-21(23)32-22-7-24(29-11-16(22)10-28)33-26(36)34-19-8-27(9-19,15-30-18-13-40(37,38)14-18)20-6-5-17(12-35)31-25(20)34/h5-7,11-12,18-19,21,23,30H,2-4,8-9,13-15H2,1H3,(H2,29,32,33,36). The van der Waals surface area contributed by atoms with Crippen LogP contribution in [-0.4, -0.2) is 80.1 Å². The number of nitriles is 1. The molecule has 2 bridgehead atoms. The lowest BCUT2D eigenvalue weighted by molar-refractivity contribution is 0.101. The Morgan fingerprint density at radius 1 is 1.30 bits per heavy atom. The number of pyridine rings is 2. The summed E-state index contributed by atoms with van der Waals surface area (Å²) in [5.41, 5.74) is 1.74. The van der Waals surface area contributed by atoms with E-state index in [1.165, 1.54) is 6.20 Å². The number of nitrogens with one attached hydrogen (secondary N) is 3. The number of nitrogens with zero attached hydrogens (tertiary/aromatic N) is 4. The fourth-order valence-electron chi connectivity index (χ4n) is 6.54. The van der Waals surface area contributed by atoms with Crippen molar-refractivity contribution in [2.24, 2.45) is 0 Å². The van der Waals surface area contributed by atoms with E-state index < -0.39 is 15.9 Å². The van der Waals surface area contributed by atoms with Crippen LogP contribution in [0.5, 0.6) is 0 Å². The summed E-state index contributed by atoms with van der Waals surface area (Å²) in [5.74, 6) is 0.985. The summed E-state index contributed by atoms with van der Waals surface area (Å²) in [6.07, 6.45) is 6.38. The summed E-state index contributed by atoms with van der Waals surface area (Å²) in [4.78, 5) is 35.5. The summed E-state index contributed by atoms with van der Waals surface area (Å²) >= 11 is 0. The number of anilines is 3. The van der Waals surface area contributed by atoms with Gasteiger partial charge in [-0.15, -0.1) is 0 Å². The van der Waals surface area contributed by atoms with Crippen molar-refractivity contribution in [3.05, 3.63) is 41.2 Å². The number of aldehydes is 1. The highest BCUT2D eigenvalue weighted by Crippen LogP contribution is 2.54. The maximum atomic E-state index is 13.6. The minimum absolute atomic E-state index is 0.0442. The molecule has 2 unspecified atom stereocenters. The molecule has 13 heteroatoms. The van der Waals surface area contributed by atoms with Gasteiger partial charge in [0.1, 0.15) is 23.4 Å². The van der Waals surface area contributed by atoms with Gasteiger partial charge in [-0.05, 0) is 38.2 Å². The first-order chi connectivity index (χ1) is 19.2. The van der Waals surface area contributed by atoms with Gasteiger partial charge in [0.2, 0.25) is 0 Å². The lowest BCUT2D eigenvalue weighted by atomic mass is 9.58. The van der Waals surface area contributed by atoms with E-state index in [9.17, 15) is 23.3 Å². The zero-order valence-corrected chi connectivity index (χ0v) is 22.9. The number of carbonyl (C=O) groups excluding carboxylic acids is 2. The summed E-state index contributed by atoms with van der Waals surface area (Å²) < 4.78 is 28.7. The minimum atomic E-state index is -2.94. The molecule has 3 fully saturated rings. The molecule has 210 valence electrons. The van der Waals surface area contributed by atoms with Crippen LogP contribution >= 0.6 is 0 Å². The number of amides is 2. The molecule has 2 aliphatic carbocycles. The first-order valence-corrected chi connectivity index (χ1v) is 15.3. The number of methoxy groups -OCH3 is 1. The quantitative estimate of drug-likeness (QED) is 0.403. The first-order valence-electron chi connectivity index (χ1n) is 13.4. The molecule has 0 spiro atoms. The van der Waals surface area contributed by atoms with Gasteiger partial charge < -0.3 is 15.4 Å². The Balaban J connectivity index is 1.22. The van der Waals surface area contributed by atoms with Crippen molar-refractivity contribution in [3.8, 4) is 6.07 Å². The fraction of sp³-hybridized carbons (Fsp3) is 0.519. The molecule has 3 N–H and O–H groups in total. The second kappa shape index (κ2) is 10.1. The molecule has 3 aliphatic heterocycles. The maximum absolute atomic E-state index is 13.6. The molecule has 0 radical (unpaired) electrons. The van der Waals surface area contributed by atoms with Crippen molar-refractivity contribution >= 4 is 39.5 Å². The van der Waals surface area contributed by atoms with Gasteiger partial charge in [0.25, 0.3) is 0 Å². The third kappa shape index (κ3) is 4.70. The van der Waals surface area contributed by atoms with Crippen LogP contribution in [0.1, 0.15) is 53.7 Å². The van der Waals surface area contributed by atoms with Crippen LogP contribution in [0.25, 0.3) is 0 Å². The Labute approximate surface area is 232 Å². The molecule has 7 rings (SSSR count). The van der Waals surface area contributed by atoms with Gasteiger partial charge >= 0.3 is 6.03 Å². The number of hydrogen-bond donors (Lipinski definition) is 3. The average Bonchev–Trinajstić information content (AvgIpc) is 3.36. The van der Waals surface area contributed by atoms with Crippen LogP contribution in [-0.2, 0) is 20.0 Å². The SMILES string of the molecule is COC1CCCC1Nc1cc(NC(=O)N2c3nc(C=O)ccc3C3(CNC4CS(=O)(=O)C4)CC2C3)ncc1C#N. The van der Waals surface area contributed by atoms with E-state index >= 15 is 0 Å². The maximum Gasteiger partial charge on any atom is 0.328 e. The van der Waals surface area contributed by atoms with Crippen LogP contribution in [0.3, 0.4) is 0 Å². The second-order valence-electron chi connectivity index (χ2n) is 11.2. The molecule has 2 amide bonds. The van der Waals surface area contributed by atoms with Crippen LogP contribution < -0.4 is 20.9 Å². The van der Waals surface area contributed by atoms with Crippen molar-refractivity contribution in [1.29, 1.82) is 5.26 Å². The molecule has 0 aromatic carbocycles. The predicted octanol–water partition coefficient (Wildman–Crippen LogP) is 1.98. The van der Waals surface area contributed by atoms with Crippen molar-refractivity contribution in [2.75, 3.05) is 40.7 Å². The number of urea groups is 1. The predicted molar refractivity (Wildman–Crippen MR) is 147 cm³/mol. The van der Waals surface area contributed by atoms with Crippen molar-refractivity contribution in [3.63, 3.8) is 0 Å². The molecule has 40 heavy (non-hydrogen) atoms. The van der Waals surface area contributed by atoms with Crippen LogP contribution in [0.4, 0.5) is 22.1 Å². The zero-order chi connectivity index (χ0) is 28.1. The van der Waals surface area contributed by atoms with Crippen molar-refractivity contribution in [2.45, 2.75) is 61.7 Å². The Morgan fingerprint density at radius 2 is 2.10 bits per heavy atom. The summed E-state index contributed by atoms with van der Waals surface area (Å²) in [6.45, 7) is 0.574. The first kappa shape index (κ1) is 26.6. The number of sulfone groups is 1. The second-order valence-corrected chi connectivity index (χ2v) is 13.4. The van der Waals surface area contributed by atoms with Crippen LogP contribution in [0.2, 0.25) is 0 Å². The Kier molecular flexibility index (Phi) is 6.72. The highest BCUT2D eigenvalue weighted by Gasteiger charge is 2.56. The number of rotatable bonds is 8. The fourth-order valence-corrected chi connectivity index (χ4v) is 7.91. The van der Waals surface area contributed by atoms with E-state index in [-0.39, 0.29) is 52.7 Å². The molecule has 5 aliphatic rings. The monoisotopic (exact) mass is 565 g/mol. The molecule has 5 heterocycles. The molecule has 2 aromatic heterocycles. The van der Waals surface area contributed by atoms with Crippen LogP contribution in [0, 0.1) is 11.3 Å². The number of carbonyl (C=O) groups is 2. The van der Waals surface area contributed by atoms with Gasteiger partial charge in [0.15, 0.2) is 16.1 Å². The van der Waals surface area contributed by atoms with Gasteiger partial charge in [0.05, 0.1) is 34.9 Å². The molecular weight excluding hydrogens is 534 g/mol. The van der Waals surface area contributed by atoms with Crippen LogP contribution in [0.15, 0.2) is 24.4 Å². The third-order valence-electron chi connectivity index (χ3n) is 8.65.